The molecule has 2 amide bonds. The lowest BCUT2D eigenvalue weighted by Crippen LogP contribution is -2.51. The van der Waals surface area contributed by atoms with Gasteiger partial charge in [-0.3, -0.25) is 19.2 Å². The van der Waals surface area contributed by atoms with E-state index in [2.05, 4.69) is 38.5 Å². The third-order valence-corrected chi connectivity index (χ3v) is 8.05. The Kier molecular flexibility index (Phi) is 4.91. The number of hydrogen-bond donors (Lipinski definition) is 0. The van der Waals surface area contributed by atoms with Gasteiger partial charge in [0.25, 0.3) is 0 Å². The maximum Gasteiger partial charge on any atom is 0.241 e. The number of benzene rings is 3. The minimum atomic E-state index is -2.06. The Bertz CT molecular complexity index is 1370. The zero-order valence-electron chi connectivity index (χ0n) is 17.4. The van der Waals surface area contributed by atoms with E-state index < -0.39 is 46.9 Å². The zero-order valence-corrected chi connectivity index (χ0v) is 21.1. The van der Waals surface area contributed by atoms with Gasteiger partial charge in [-0.2, -0.15) is 0 Å². The van der Waals surface area contributed by atoms with Crippen LogP contribution >= 0.6 is 38.5 Å². The number of fused-ring (bicyclic) bond motifs is 3. The standard InChI is InChI=1S/C26H15BrINO5/c27-14-7-5-13(6-8-14)21-19-20(25(33)29(24(19)32)16-11-9-15(28)10-12-16)26(34-21)22(30)17-3-1-2-4-18(17)23(26)31/h1-12,19-21H/t19-,20-,21-/m1/s1. The molecule has 168 valence electrons. The van der Waals surface area contributed by atoms with Crippen LogP contribution < -0.4 is 4.90 Å². The highest BCUT2D eigenvalue weighted by Gasteiger charge is 2.74. The van der Waals surface area contributed by atoms with E-state index in [4.69, 9.17) is 4.74 Å². The first-order chi connectivity index (χ1) is 16.3. The molecular formula is C26H15BrINO5. The van der Waals surface area contributed by atoms with Crippen molar-refractivity contribution in [3.63, 3.8) is 0 Å². The molecule has 0 bridgehead atoms. The molecule has 3 aliphatic rings. The van der Waals surface area contributed by atoms with Gasteiger partial charge in [-0.05, 0) is 64.6 Å². The zero-order chi connectivity index (χ0) is 23.8. The lowest BCUT2D eigenvalue weighted by molar-refractivity contribution is -0.127. The number of carbonyl (C=O) groups excluding carboxylic acids is 4. The maximum absolute atomic E-state index is 13.8. The lowest BCUT2D eigenvalue weighted by atomic mass is 9.77. The molecule has 3 aromatic rings. The summed E-state index contributed by atoms with van der Waals surface area (Å²) in [5.41, 5.74) is -0.593. The third kappa shape index (κ3) is 2.82. The minimum Gasteiger partial charge on any atom is -0.349 e. The number of nitrogens with zero attached hydrogens (tertiary/aromatic N) is 1. The van der Waals surface area contributed by atoms with E-state index in [0.717, 1.165) is 12.9 Å². The summed E-state index contributed by atoms with van der Waals surface area (Å²) in [6.07, 6.45) is -0.925. The predicted molar refractivity (Wildman–Crippen MR) is 134 cm³/mol. The molecule has 6 rings (SSSR count). The van der Waals surface area contributed by atoms with E-state index >= 15 is 0 Å². The fourth-order valence-electron chi connectivity index (χ4n) is 5.32. The fraction of sp³-hybridized carbons (Fsp3) is 0.154. The number of hydrogen-bond acceptors (Lipinski definition) is 5. The molecule has 8 heteroatoms. The molecule has 0 N–H and O–H groups in total. The van der Waals surface area contributed by atoms with Crippen LogP contribution in [0.3, 0.4) is 0 Å². The van der Waals surface area contributed by atoms with Gasteiger partial charge < -0.3 is 4.74 Å². The number of Topliss-reactive ketones (excluding diaryl/α,β-unsaturated/α-hetero) is 2. The molecule has 2 heterocycles. The van der Waals surface area contributed by atoms with E-state index in [0.29, 0.717) is 11.3 Å². The van der Waals surface area contributed by atoms with Gasteiger partial charge in [0.15, 0.2) is 0 Å². The van der Waals surface area contributed by atoms with Crippen LogP contribution in [0.4, 0.5) is 5.69 Å². The molecule has 2 saturated heterocycles. The molecule has 6 nitrogen and oxygen atoms in total. The molecule has 2 fully saturated rings. The first kappa shape index (κ1) is 21.8. The first-order valence-electron chi connectivity index (χ1n) is 10.6. The molecular weight excluding hydrogens is 613 g/mol. The molecule has 0 saturated carbocycles. The highest BCUT2D eigenvalue weighted by molar-refractivity contribution is 14.1. The Hall–Kier alpha value is -2.69. The van der Waals surface area contributed by atoms with Gasteiger partial charge in [-0.1, -0.05) is 52.3 Å². The molecule has 3 atom stereocenters. The van der Waals surface area contributed by atoms with Gasteiger partial charge in [0.1, 0.15) is 0 Å². The van der Waals surface area contributed by atoms with Crippen molar-refractivity contribution in [3.8, 4) is 0 Å². The number of ether oxygens (including phenoxy) is 1. The predicted octanol–water partition coefficient (Wildman–Crippen LogP) is 4.75. The van der Waals surface area contributed by atoms with Gasteiger partial charge in [0.05, 0.1) is 23.6 Å². The van der Waals surface area contributed by atoms with Gasteiger partial charge in [-0.25, -0.2) is 4.90 Å². The van der Waals surface area contributed by atoms with Crippen LogP contribution in [0, 0.1) is 15.4 Å². The van der Waals surface area contributed by atoms with Crippen LogP contribution in [0.2, 0.25) is 0 Å². The second kappa shape index (κ2) is 7.66. The highest BCUT2D eigenvalue weighted by atomic mass is 127. The summed E-state index contributed by atoms with van der Waals surface area (Å²) in [5, 5.41) is 0. The Balaban J connectivity index is 1.54. The summed E-state index contributed by atoms with van der Waals surface area (Å²) in [6, 6.07) is 20.6. The fourth-order valence-corrected chi connectivity index (χ4v) is 5.94. The first-order valence-corrected chi connectivity index (χ1v) is 12.5. The molecule has 0 unspecified atom stereocenters. The third-order valence-electron chi connectivity index (χ3n) is 6.80. The molecule has 1 aliphatic carbocycles. The summed E-state index contributed by atoms with van der Waals surface area (Å²) < 4.78 is 8.05. The van der Waals surface area contributed by atoms with Crippen molar-refractivity contribution in [2.45, 2.75) is 11.7 Å². The molecule has 3 aromatic carbocycles. The van der Waals surface area contributed by atoms with E-state index in [1.807, 2.05) is 0 Å². The summed E-state index contributed by atoms with van der Waals surface area (Å²) in [6.45, 7) is 0. The molecule has 1 spiro atoms. The number of halogens is 2. The second-order valence-electron chi connectivity index (χ2n) is 8.52. The highest BCUT2D eigenvalue weighted by Crippen LogP contribution is 2.57. The average molecular weight is 628 g/mol. The van der Waals surface area contributed by atoms with Crippen molar-refractivity contribution < 1.29 is 23.9 Å². The SMILES string of the molecule is O=C1[C@H]2[C@@H](c3ccc(Br)cc3)OC3(C(=O)c4ccccc4C3=O)[C@H]2C(=O)N1c1ccc(I)cc1. The Morgan fingerprint density at radius 2 is 1.38 bits per heavy atom. The lowest BCUT2D eigenvalue weighted by Gasteiger charge is -2.27. The number of imide groups is 1. The van der Waals surface area contributed by atoms with Gasteiger partial charge >= 0.3 is 0 Å². The van der Waals surface area contributed by atoms with Crippen LogP contribution in [0.25, 0.3) is 0 Å². The monoisotopic (exact) mass is 627 g/mol. The van der Waals surface area contributed by atoms with Crippen molar-refractivity contribution in [3.05, 3.63) is 97.5 Å². The molecule has 34 heavy (non-hydrogen) atoms. The van der Waals surface area contributed by atoms with E-state index in [-0.39, 0.29) is 11.1 Å². The van der Waals surface area contributed by atoms with Crippen molar-refractivity contribution in [1.82, 2.24) is 0 Å². The van der Waals surface area contributed by atoms with Crippen LogP contribution in [0.15, 0.2) is 77.3 Å². The van der Waals surface area contributed by atoms with Crippen LogP contribution in [0.5, 0.6) is 0 Å². The van der Waals surface area contributed by atoms with E-state index in [9.17, 15) is 19.2 Å². The van der Waals surface area contributed by atoms with Crippen molar-refractivity contribution >= 4 is 67.6 Å². The maximum atomic E-state index is 13.8. The van der Waals surface area contributed by atoms with E-state index in [1.54, 1.807) is 72.8 Å². The second-order valence-corrected chi connectivity index (χ2v) is 10.7. The largest absolute Gasteiger partial charge is 0.349 e. The van der Waals surface area contributed by atoms with Gasteiger partial charge in [0, 0.05) is 19.2 Å². The van der Waals surface area contributed by atoms with Gasteiger partial charge in [-0.15, -0.1) is 0 Å². The Morgan fingerprint density at radius 1 is 0.794 bits per heavy atom. The van der Waals surface area contributed by atoms with Crippen molar-refractivity contribution in [2.24, 2.45) is 11.8 Å². The van der Waals surface area contributed by atoms with Gasteiger partial charge in [0.2, 0.25) is 29.0 Å². The summed E-state index contributed by atoms with van der Waals surface area (Å²) in [7, 11) is 0. The Labute approximate surface area is 216 Å². The minimum absolute atomic E-state index is 0.218. The number of ketones is 2. The number of carbonyl (C=O) groups is 4. The molecule has 0 aromatic heterocycles. The Morgan fingerprint density at radius 3 is 1.97 bits per heavy atom. The quantitative estimate of drug-likeness (QED) is 0.233. The number of rotatable bonds is 2. The molecule has 0 radical (unpaired) electrons. The summed E-state index contributed by atoms with van der Waals surface area (Å²) >= 11 is 5.54. The van der Waals surface area contributed by atoms with Crippen molar-refractivity contribution in [2.75, 3.05) is 4.90 Å². The topological polar surface area (TPSA) is 80.8 Å². The average Bonchev–Trinajstić information content (AvgIpc) is 3.40. The normalized spacial score (nSPS) is 24.8. The molecule has 2 aliphatic heterocycles. The summed E-state index contributed by atoms with van der Waals surface area (Å²) in [5.74, 6) is -4.44. The summed E-state index contributed by atoms with van der Waals surface area (Å²) in [4.78, 5) is 56.1. The number of anilines is 1. The van der Waals surface area contributed by atoms with Crippen LogP contribution in [0.1, 0.15) is 32.4 Å². The number of amides is 2. The van der Waals surface area contributed by atoms with Crippen LogP contribution in [-0.4, -0.2) is 29.0 Å². The smallest absolute Gasteiger partial charge is 0.241 e. The van der Waals surface area contributed by atoms with E-state index in [1.165, 1.54) is 0 Å². The van der Waals surface area contributed by atoms with Crippen molar-refractivity contribution in [1.29, 1.82) is 0 Å². The van der Waals surface area contributed by atoms with Crippen LogP contribution in [-0.2, 0) is 14.3 Å².